The Balaban J connectivity index is 2.38. The molecule has 0 fully saturated rings. The topological polar surface area (TPSA) is 72.2 Å². The lowest BCUT2D eigenvalue weighted by molar-refractivity contribution is -0.115. The van der Waals surface area contributed by atoms with Crippen LogP contribution in [0.2, 0.25) is 0 Å². The third-order valence-electron chi connectivity index (χ3n) is 3.24. The number of alkyl halides is 3. The van der Waals surface area contributed by atoms with Crippen LogP contribution in [-0.4, -0.2) is 15.6 Å². The Morgan fingerprint density at radius 2 is 2.05 bits per heavy atom. The van der Waals surface area contributed by atoms with Crippen molar-refractivity contribution in [3.63, 3.8) is 0 Å². The second kappa shape index (κ2) is 5.72. The molecule has 1 aliphatic rings. The third-order valence-corrected chi connectivity index (χ3v) is 4.93. The minimum Gasteiger partial charge on any atom is -0.365 e. The smallest absolute Gasteiger partial charge is 0.277 e. The van der Waals surface area contributed by atoms with E-state index in [2.05, 4.69) is 12.2 Å². The van der Waals surface area contributed by atoms with Gasteiger partial charge >= 0.3 is 0 Å². The summed E-state index contributed by atoms with van der Waals surface area (Å²) in [5.41, 5.74) is 6.68. The number of carbonyl (C=O) groups is 2. The number of nitrogens with one attached hydrogen (secondary N) is 1. The van der Waals surface area contributed by atoms with Crippen LogP contribution >= 0.6 is 46.1 Å². The zero-order chi connectivity index (χ0) is 15.1. The summed E-state index contributed by atoms with van der Waals surface area (Å²) in [6, 6.07) is 0. The van der Waals surface area contributed by atoms with E-state index in [4.69, 9.17) is 40.5 Å². The molecule has 1 aliphatic carbocycles. The molecule has 0 radical (unpaired) electrons. The van der Waals surface area contributed by atoms with E-state index in [9.17, 15) is 9.59 Å². The largest absolute Gasteiger partial charge is 0.365 e. The van der Waals surface area contributed by atoms with Crippen molar-refractivity contribution in [2.45, 2.75) is 30.0 Å². The van der Waals surface area contributed by atoms with Gasteiger partial charge in [-0.25, -0.2) is 0 Å². The number of rotatable bonds is 2. The number of hydrogen-bond acceptors (Lipinski definition) is 3. The summed E-state index contributed by atoms with van der Waals surface area (Å²) in [6.07, 6.45) is 2.63. The highest BCUT2D eigenvalue weighted by atomic mass is 35.6. The number of amides is 2. The average molecular weight is 356 g/mol. The fraction of sp³-hybridized carbons (Fsp3) is 0.500. The molecule has 0 unspecified atom stereocenters. The molecule has 0 spiro atoms. The van der Waals surface area contributed by atoms with Gasteiger partial charge in [-0.1, -0.05) is 41.7 Å². The number of halogens is 3. The van der Waals surface area contributed by atoms with Gasteiger partial charge in [-0.15, -0.1) is 11.3 Å². The van der Waals surface area contributed by atoms with Gasteiger partial charge < -0.3 is 11.1 Å². The second-order valence-electron chi connectivity index (χ2n) is 4.87. The van der Waals surface area contributed by atoms with E-state index in [0.717, 1.165) is 29.7 Å². The maximum Gasteiger partial charge on any atom is 0.277 e. The van der Waals surface area contributed by atoms with Crippen molar-refractivity contribution >= 4 is 63.0 Å². The maximum atomic E-state index is 11.7. The Hall–Kier alpha value is -0.490. The van der Waals surface area contributed by atoms with Crippen LogP contribution in [0.1, 0.15) is 34.1 Å². The first kappa shape index (κ1) is 15.9. The molecule has 4 nitrogen and oxygen atoms in total. The molecule has 1 atom stereocenters. The lowest BCUT2D eigenvalue weighted by Crippen LogP contribution is -2.28. The quantitative estimate of drug-likeness (QED) is 0.799. The van der Waals surface area contributed by atoms with Gasteiger partial charge in [-0.2, -0.15) is 0 Å². The van der Waals surface area contributed by atoms with Gasteiger partial charge in [0.25, 0.3) is 15.6 Å². The summed E-state index contributed by atoms with van der Waals surface area (Å²) in [7, 11) is 0. The molecule has 0 bridgehead atoms. The van der Waals surface area contributed by atoms with Crippen molar-refractivity contribution in [3.8, 4) is 0 Å². The first-order valence-electron chi connectivity index (χ1n) is 6.02. The highest BCUT2D eigenvalue weighted by molar-refractivity contribution is 7.17. The molecule has 2 rings (SSSR count). The molecule has 0 saturated carbocycles. The monoisotopic (exact) mass is 354 g/mol. The molecule has 1 aromatic rings. The predicted molar refractivity (Wildman–Crippen MR) is 82.9 cm³/mol. The number of carbonyl (C=O) groups excluding carboxylic acids is 2. The molecule has 0 saturated heterocycles. The molecule has 1 aromatic heterocycles. The molecule has 3 N–H and O–H groups in total. The first-order chi connectivity index (χ1) is 9.20. The maximum absolute atomic E-state index is 11.7. The Bertz CT molecular complexity index is 566. The Kier molecular flexibility index (Phi) is 4.54. The number of fused-ring (bicyclic) bond motifs is 1. The molecule has 110 valence electrons. The van der Waals surface area contributed by atoms with Crippen LogP contribution in [-0.2, 0) is 17.6 Å². The predicted octanol–water partition coefficient (Wildman–Crippen LogP) is 3.28. The first-order valence-corrected chi connectivity index (χ1v) is 7.97. The molecule has 0 aromatic carbocycles. The standard InChI is InChI=1S/C12H13Cl3N2O2S/c1-5-2-3-6-7(4-5)20-10(8(6)9(16)18)17-11(19)12(13,14)15/h5H,2-4H2,1H3,(H2,16,18)(H,17,19)/t5-/m1/s1. The van der Waals surface area contributed by atoms with Gasteiger partial charge in [0.05, 0.1) is 5.56 Å². The number of anilines is 1. The minimum absolute atomic E-state index is 0.347. The van der Waals surface area contributed by atoms with E-state index in [0.29, 0.717) is 16.5 Å². The Labute approximate surface area is 135 Å². The van der Waals surface area contributed by atoms with Crippen LogP contribution in [0.25, 0.3) is 0 Å². The van der Waals surface area contributed by atoms with Crippen molar-refractivity contribution in [1.29, 1.82) is 0 Å². The van der Waals surface area contributed by atoms with Crippen molar-refractivity contribution in [1.82, 2.24) is 0 Å². The molecular formula is C12H13Cl3N2O2S. The van der Waals surface area contributed by atoms with E-state index in [1.54, 1.807) is 0 Å². The fourth-order valence-corrected chi connectivity index (χ4v) is 3.83. The van der Waals surface area contributed by atoms with Crippen LogP contribution in [0.5, 0.6) is 0 Å². The van der Waals surface area contributed by atoms with Crippen molar-refractivity contribution in [2.24, 2.45) is 11.7 Å². The van der Waals surface area contributed by atoms with Crippen LogP contribution in [0.15, 0.2) is 0 Å². The molecule has 8 heteroatoms. The number of nitrogens with two attached hydrogens (primary N) is 1. The van der Waals surface area contributed by atoms with Gasteiger partial charge in [0.2, 0.25) is 0 Å². The molecule has 2 amide bonds. The summed E-state index contributed by atoms with van der Waals surface area (Å²) in [4.78, 5) is 24.4. The van der Waals surface area contributed by atoms with Gasteiger partial charge in [0, 0.05) is 4.88 Å². The zero-order valence-corrected chi connectivity index (χ0v) is 13.7. The third kappa shape index (κ3) is 3.22. The van der Waals surface area contributed by atoms with Crippen LogP contribution in [0.3, 0.4) is 0 Å². The lowest BCUT2D eigenvalue weighted by Gasteiger charge is -2.18. The Morgan fingerprint density at radius 1 is 1.40 bits per heavy atom. The van der Waals surface area contributed by atoms with Crippen molar-refractivity contribution in [3.05, 3.63) is 16.0 Å². The van der Waals surface area contributed by atoms with E-state index in [1.807, 2.05) is 0 Å². The van der Waals surface area contributed by atoms with Crippen molar-refractivity contribution in [2.75, 3.05) is 5.32 Å². The van der Waals surface area contributed by atoms with Crippen LogP contribution < -0.4 is 11.1 Å². The SMILES string of the molecule is C[C@@H]1CCc2c(sc(NC(=O)C(Cl)(Cl)Cl)c2C(N)=O)C1. The summed E-state index contributed by atoms with van der Waals surface area (Å²) in [5, 5.41) is 2.86. The van der Waals surface area contributed by atoms with Crippen LogP contribution in [0.4, 0.5) is 5.00 Å². The molecule has 20 heavy (non-hydrogen) atoms. The summed E-state index contributed by atoms with van der Waals surface area (Å²) >= 11 is 17.9. The van der Waals surface area contributed by atoms with E-state index in [-0.39, 0.29) is 0 Å². The molecular weight excluding hydrogens is 343 g/mol. The molecule has 0 aliphatic heterocycles. The highest BCUT2D eigenvalue weighted by Crippen LogP contribution is 2.40. The Morgan fingerprint density at radius 3 is 2.60 bits per heavy atom. The second-order valence-corrected chi connectivity index (χ2v) is 8.26. The summed E-state index contributed by atoms with van der Waals surface area (Å²) < 4.78 is -2.08. The molecule has 1 heterocycles. The number of thiophene rings is 1. The zero-order valence-electron chi connectivity index (χ0n) is 10.6. The highest BCUT2D eigenvalue weighted by Gasteiger charge is 2.33. The number of primary amides is 1. The summed E-state index contributed by atoms with van der Waals surface area (Å²) in [5.74, 6) is -0.827. The van der Waals surface area contributed by atoms with E-state index >= 15 is 0 Å². The fourth-order valence-electron chi connectivity index (χ4n) is 2.27. The van der Waals surface area contributed by atoms with Gasteiger partial charge in [0.1, 0.15) is 5.00 Å². The average Bonchev–Trinajstić information content (AvgIpc) is 2.64. The van der Waals surface area contributed by atoms with Crippen molar-refractivity contribution < 1.29 is 9.59 Å². The van der Waals surface area contributed by atoms with Gasteiger partial charge in [0.15, 0.2) is 0 Å². The van der Waals surface area contributed by atoms with E-state index < -0.39 is 15.6 Å². The number of hydrogen-bond donors (Lipinski definition) is 2. The minimum atomic E-state index is -2.08. The van der Waals surface area contributed by atoms with Gasteiger partial charge in [-0.05, 0) is 30.7 Å². The van der Waals surface area contributed by atoms with Crippen LogP contribution in [0, 0.1) is 5.92 Å². The lowest BCUT2D eigenvalue weighted by atomic mass is 9.88. The van der Waals surface area contributed by atoms with E-state index in [1.165, 1.54) is 11.3 Å². The van der Waals surface area contributed by atoms with Gasteiger partial charge in [-0.3, -0.25) is 9.59 Å². The summed E-state index contributed by atoms with van der Waals surface area (Å²) in [6.45, 7) is 2.15. The normalized spacial score (nSPS) is 18.5.